The van der Waals surface area contributed by atoms with E-state index in [-0.39, 0.29) is 20.1 Å². The molecule has 0 N–H and O–H groups in total. The number of anilines is 1. The fourth-order valence-electron chi connectivity index (χ4n) is 7.16. The third-order valence-corrected chi connectivity index (χ3v) is 9.55. The Balaban J connectivity index is 0.000000255. The Kier molecular flexibility index (Phi) is 9.22. The molecule has 50 heavy (non-hydrogen) atoms. The van der Waals surface area contributed by atoms with Crippen molar-refractivity contribution in [3.63, 3.8) is 0 Å². The maximum absolute atomic E-state index is 5.31. The summed E-state index contributed by atoms with van der Waals surface area (Å²) in [6.07, 6.45) is 6.25. The van der Waals surface area contributed by atoms with E-state index >= 15 is 0 Å². The summed E-state index contributed by atoms with van der Waals surface area (Å²) in [6.45, 7) is 11.1. The van der Waals surface area contributed by atoms with Gasteiger partial charge < -0.3 is 14.2 Å². The summed E-state index contributed by atoms with van der Waals surface area (Å²) in [5.74, 6) is 0.826. The Hall–Kier alpha value is -4.96. The van der Waals surface area contributed by atoms with Crippen LogP contribution in [-0.2, 0) is 20.1 Å². The summed E-state index contributed by atoms with van der Waals surface area (Å²) in [6, 6.07) is 45.4. The third-order valence-electron chi connectivity index (χ3n) is 9.55. The number of hydrogen-bond acceptors (Lipinski definition) is 3. The first-order valence-corrected chi connectivity index (χ1v) is 17.1. The molecule has 9 rings (SSSR count). The largest absolute Gasteiger partial charge is 3.00 e. The molecule has 5 heteroatoms. The van der Waals surface area contributed by atoms with Gasteiger partial charge in [0, 0.05) is 17.3 Å². The number of nitrogens with zero attached hydrogens (tertiary/aromatic N) is 4. The zero-order valence-electron chi connectivity index (χ0n) is 29.0. The summed E-state index contributed by atoms with van der Waals surface area (Å²) in [5, 5.41) is 8.57. The van der Waals surface area contributed by atoms with Gasteiger partial charge in [0.2, 0.25) is 0 Å². The summed E-state index contributed by atoms with van der Waals surface area (Å²) in [5.41, 5.74) is 8.23. The van der Waals surface area contributed by atoms with Gasteiger partial charge in [-0.3, -0.25) is 4.98 Å². The first kappa shape index (κ1) is 33.5. The second-order valence-electron chi connectivity index (χ2n) is 13.5. The van der Waals surface area contributed by atoms with Gasteiger partial charge in [0.1, 0.15) is 0 Å². The molecule has 0 saturated carbocycles. The fraction of sp³-hybridized carbons (Fsp3) is 0.156. The monoisotopic (exact) mass is 828 g/mol. The van der Waals surface area contributed by atoms with Gasteiger partial charge in [0.05, 0.1) is 11.3 Å². The molecule has 1 aliphatic rings. The van der Waals surface area contributed by atoms with Crippen LogP contribution < -0.4 is 4.90 Å². The molecular formula is C45H39IrN4. The number of fused-ring (bicyclic) bond motifs is 9. The fourth-order valence-corrected chi connectivity index (χ4v) is 7.16. The Labute approximate surface area is 308 Å². The van der Waals surface area contributed by atoms with Crippen LogP contribution in [0.4, 0.5) is 5.69 Å². The van der Waals surface area contributed by atoms with Crippen LogP contribution in [0.1, 0.15) is 50.7 Å². The van der Waals surface area contributed by atoms with Crippen LogP contribution in [0.15, 0.2) is 128 Å². The minimum atomic E-state index is 0. The third kappa shape index (κ3) is 5.95. The number of para-hydroxylation sites is 1. The summed E-state index contributed by atoms with van der Waals surface area (Å²) < 4.78 is 2.29. The van der Waals surface area contributed by atoms with Crippen molar-refractivity contribution in [2.24, 2.45) is 0 Å². The predicted octanol–water partition coefficient (Wildman–Crippen LogP) is 11.5. The molecule has 3 heterocycles. The van der Waals surface area contributed by atoms with Crippen LogP contribution in [0.25, 0.3) is 60.1 Å². The Bertz CT molecular complexity index is 2490. The van der Waals surface area contributed by atoms with E-state index in [9.17, 15) is 0 Å². The molecule has 248 valence electrons. The van der Waals surface area contributed by atoms with Crippen molar-refractivity contribution < 1.29 is 20.1 Å². The maximum Gasteiger partial charge on any atom is 3.00 e. The zero-order valence-corrected chi connectivity index (χ0v) is 31.4. The number of pyridine rings is 1. The molecule has 0 spiro atoms. The van der Waals surface area contributed by atoms with Gasteiger partial charge >= 0.3 is 20.1 Å². The number of rotatable bonds is 4. The van der Waals surface area contributed by atoms with Gasteiger partial charge in [-0.15, -0.1) is 35.3 Å². The van der Waals surface area contributed by atoms with Gasteiger partial charge in [0.15, 0.2) is 0 Å². The zero-order chi connectivity index (χ0) is 33.6. The normalized spacial score (nSPS) is 12.9. The van der Waals surface area contributed by atoms with E-state index in [4.69, 9.17) is 4.98 Å². The number of aromatic nitrogens is 2. The second kappa shape index (κ2) is 13.7. The van der Waals surface area contributed by atoms with E-state index in [1.807, 2.05) is 66.2 Å². The molecular weight excluding hydrogens is 789 g/mol. The molecule has 6 aromatic carbocycles. The van der Waals surface area contributed by atoms with Crippen molar-refractivity contribution in [1.29, 1.82) is 0 Å². The van der Waals surface area contributed by atoms with E-state index in [0.717, 1.165) is 22.4 Å². The van der Waals surface area contributed by atoms with Crippen LogP contribution in [0.2, 0.25) is 0 Å². The Morgan fingerprint density at radius 2 is 1.40 bits per heavy atom. The van der Waals surface area contributed by atoms with Crippen molar-refractivity contribution >= 4 is 54.6 Å². The number of benzene rings is 6. The van der Waals surface area contributed by atoms with E-state index < -0.39 is 0 Å². The van der Waals surface area contributed by atoms with Gasteiger partial charge in [-0.05, 0) is 87.5 Å². The van der Waals surface area contributed by atoms with E-state index in [0.29, 0.717) is 11.8 Å². The summed E-state index contributed by atoms with van der Waals surface area (Å²) in [7, 11) is 2.00. The topological polar surface area (TPSA) is 23.8 Å². The van der Waals surface area contributed by atoms with Crippen LogP contribution in [0.5, 0.6) is 0 Å². The molecule has 2 aromatic heterocycles. The quantitative estimate of drug-likeness (QED) is 0.100. The molecule has 1 aliphatic heterocycles. The minimum Gasteiger partial charge on any atom is -0.510 e. The van der Waals surface area contributed by atoms with E-state index in [1.54, 1.807) is 0 Å². The summed E-state index contributed by atoms with van der Waals surface area (Å²) >= 11 is 0. The van der Waals surface area contributed by atoms with Crippen molar-refractivity contribution in [2.45, 2.75) is 39.5 Å². The van der Waals surface area contributed by atoms with Gasteiger partial charge in [0.25, 0.3) is 0 Å². The molecule has 0 aliphatic carbocycles. The number of imidazole rings is 1. The van der Waals surface area contributed by atoms with Gasteiger partial charge in [-0.2, -0.15) is 37.0 Å². The number of hydrogen-bond donors (Lipinski definition) is 0. The van der Waals surface area contributed by atoms with Crippen molar-refractivity contribution in [2.75, 3.05) is 11.9 Å². The molecule has 0 amide bonds. The average Bonchev–Trinajstić information content (AvgIpc) is 3.78. The van der Waals surface area contributed by atoms with Crippen LogP contribution in [-0.4, -0.2) is 21.3 Å². The molecule has 0 fully saturated rings. The molecule has 8 aromatic rings. The Morgan fingerprint density at radius 1 is 0.680 bits per heavy atom. The smallest absolute Gasteiger partial charge is 0.510 e. The minimum absolute atomic E-state index is 0. The molecule has 0 unspecified atom stereocenters. The van der Waals surface area contributed by atoms with Crippen LogP contribution in [0, 0.1) is 18.8 Å². The molecule has 4 nitrogen and oxygen atoms in total. The average molecular weight is 828 g/mol. The van der Waals surface area contributed by atoms with E-state index in [1.165, 1.54) is 54.5 Å². The SMILES string of the molecule is CC(C)c1cccc(C(C)C)c1-c1cn2c3ccc4cc5ccccc5cc4c3c3ccc[c-]c3c2n1.CN1C=CN(c2[c-]cccc2)[CH-]1.[Ir+3]. The van der Waals surface area contributed by atoms with Crippen molar-refractivity contribution in [3.8, 4) is 11.3 Å². The van der Waals surface area contributed by atoms with Crippen molar-refractivity contribution in [1.82, 2.24) is 14.3 Å². The van der Waals surface area contributed by atoms with Gasteiger partial charge in [-0.1, -0.05) is 81.6 Å². The molecule has 0 saturated heterocycles. The second-order valence-corrected chi connectivity index (χ2v) is 13.5. The first-order chi connectivity index (χ1) is 23.9. The Morgan fingerprint density at radius 3 is 2.08 bits per heavy atom. The molecule has 0 bridgehead atoms. The molecule has 0 radical (unpaired) electrons. The van der Waals surface area contributed by atoms with Gasteiger partial charge in [-0.25, -0.2) is 0 Å². The van der Waals surface area contributed by atoms with Crippen molar-refractivity contribution in [3.05, 3.63) is 158 Å². The van der Waals surface area contributed by atoms with E-state index in [2.05, 4.69) is 129 Å². The van der Waals surface area contributed by atoms with Crippen LogP contribution in [0.3, 0.4) is 0 Å². The van der Waals surface area contributed by atoms with Crippen LogP contribution >= 0.6 is 0 Å². The summed E-state index contributed by atoms with van der Waals surface area (Å²) in [4.78, 5) is 9.34. The maximum atomic E-state index is 5.31. The predicted molar refractivity (Wildman–Crippen MR) is 207 cm³/mol. The molecule has 0 atom stereocenters. The standard InChI is InChI=1S/C35H29N2.C10H10N2.Ir/c1-21(2)26-14-9-15-27(22(3)4)33(26)31-20-37-32-17-16-25-18-23-10-5-6-11-24(23)19-30(25)34(32)28-12-7-8-13-29(28)35(37)36-31;1-11-7-8-12(9-11)10-5-3-2-4-6-10;/h5-12,14-22H,1-4H3;2-5,7-9H,1H3;/q-1;-2;+3. The first-order valence-electron chi connectivity index (χ1n) is 17.1.